The lowest BCUT2D eigenvalue weighted by Crippen LogP contribution is -2.12. The van der Waals surface area contributed by atoms with E-state index in [1.54, 1.807) is 0 Å². The topological polar surface area (TPSA) is 43.8 Å². The third kappa shape index (κ3) is 1.69. The third-order valence-electron chi connectivity index (χ3n) is 1.28. The first-order valence-electron chi connectivity index (χ1n) is 3.15. The van der Waals surface area contributed by atoms with Gasteiger partial charge < -0.3 is 5.73 Å². The van der Waals surface area contributed by atoms with Gasteiger partial charge in [0.15, 0.2) is 0 Å². The molecular weight excluding hydrogens is 241 g/mol. The molecule has 1 aromatic heterocycles. The van der Waals surface area contributed by atoms with Crippen molar-refractivity contribution >= 4 is 22.6 Å². The van der Waals surface area contributed by atoms with Gasteiger partial charge >= 0.3 is 0 Å². The van der Waals surface area contributed by atoms with Crippen molar-refractivity contribution in [2.45, 2.75) is 11.0 Å². The number of halogens is 1. The minimum atomic E-state index is 0.658. The standard InChI is InChI=1S/C6H10IN3/c7-5-6-1-3-9-10(6)4-2-8/h1,3H,2,4-5,8H2. The summed E-state index contributed by atoms with van der Waals surface area (Å²) < 4.78 is 2.93. The molecule has 0 aromatic carbocycles. The third-order valence-corrected chi connectivity index (χ3v) is 2.06. The van der Waals surface area contributed by atoms with E-state index in [9.17, 15) is 0 Å². The highest BCUT2D eigenvalue weighted by atomic mass is 127. The fourth-order valence-corrected chi connectivity index (χ4v) is 1.45. The Morgan fingerprint density at radius 2 is 2.50 bits per heavy atom. The van der Waals surface area contributed by atoms with Crippen LogP contribution in [0.1, 0.15) is 5.69 Å². The molecule has 0 aliphatic rings. The highest BCUT2D eigenvalue weighted by Crippen LogP contribution is 2.03. The van der Waals surface area contributed by atoms with Gasteiger partial charge in [-0.25, -0.2) is 0 Å². The number of rotatable bonds is 3. The van der Waals surface area contributed by atoms with E-state index in [0.29, 0.717) is 6.54 Å². The Morgan fingerprint density at radius 1 is 1.70 bits per heavy atom. The minimum Gasteiger partial charge on any atom is -0.329 e. The van der Waals surface area contributed by atoms with Crippen LogP contribution in [0.2, 0.25) is 0 Å². The van der Waals surface area contributed by atoms with Gasteiger partial charge in [0.2, 0.25) is 0 Å². The second-order valence-electron chi connectivity index (χ2n) is 1.97. The smallest absolute Gasteiger partial charge is 0.0535 e. The fraction of sp³-hybridized carbons (Fsp3) is 0.500. The summed E-state index contributed by atoms with van der Waals surface area (Å²) in [6.07, 6.45) is 1.81. The van der Waals surface area contributed by atoms with Gasteiger partial charge in [0.05, 0.1) is 6.54 Å². The Hall–Kier alpha value is -0.100. The highest BCUT2D eigenvalue weighted by molar-refractivity contribution is 14.1. The van der Waals surface area contributed by atoms with Crippen LogP contribution in [0.15, 0.2) is 12.3 Å². The van der Waals surface area contributed by atoms with Crippen molar-refractivity contribution in [3.05, 3.63) is 18.0 Å². The van der Waals surface area contributed by atoms with Gasteiger partial charge in [-0.1, -0.05) is 22.6 Å². The normalized spacial score (nSPS) is 10.2. The van der Waals surface area contributed by atoms with Crippen molar-refractivity contribution in [3.63, 3.8) is 0 Å². The SMILES string of the molecule is NCCn1nccc1CI. The van der Waals surface area contributed by atoms with E-state index in [4.69, 9.17) is 5.73 Å². The Kier molecular flexibility index (Phi) is 3.14. The Labute approximate surface area is 73.7 Å². The second kappa shape index (κ2) is 3.92. The second-order valence-corrected chi connectivity index (χ2v) is 2.73. The molecule has 1 aromatic rings. The number of hydrogen-bond acceptors (Lipinski definition) is 2. The van der Waals surface area contributed by atoms with E-state index in [0.717, 1.165) is 11.0 Å². The van der Waals surface area contributed by atoms with Gasteiger partial charge in [0, 0.05) is 22.9 Å². The van der Waals surface area contributed by atoms with E-state index in [-0.39, 0.29) is 0 Å². The Bertz CT molecular complexity index is 197. The van der Waals surface area contributed by atoms with Gasteiger partial charge in [-0.05, 0) is 6.07 Å². The summed E-state index contributed by atoms with van der Waals surface area (Å²) in [7, 11) is 0. The number of aromatic nitrogens is 2. The monoisotopic (exact) mass is 251 g/mol. The molecule has 0 saturated carbocycles. The van der Waals surface area contributed by atoms with E-state index >= 15 is 0 Å². The van der Waals surface area contributed by atoms with Crippen LogP contribution in [0.4, 0.5) is 0 Å². The molecule has 1 heterocycles. The molecule has 10 heavy (non-hydrogen) atoms. The summed E-state index contributed by atoms with van der Waals surface area (Å²) >= 11 is 2.31. The first kappa shape index (κ1) is 8.00. The van der Waals surface area contributed by atoms with Crippen LogP contribution in [0, 0.1) is 0 Å². The van der Waals surface area contributed by atoms with E-state index < -0.39 is 0 Å². The minimum absolute atomic E-state index is 0.658. The van der Waals surface area contributed by atoms with Crippen molar-refractivity contribution < 1.29 is 0 Å². The largest absolute Gasteiger partial charge is 0.329 e. The predicted molar refractivity (Wildman–Crippen MR) is 49.0 cm³/mol. The molecule has 0 atom stereocenters. The van der Waals surface area contributed by atoms with Crippen LogP contribution >= 0.6 is 22.6 Å². The van der Waals surface area contributed by atoms with Crippen LogP contribution in [-0.4, -0.2) is 16.3 Å². The summed E-state index contributed by atoms with van der Waals surface area (Å²) in [5, 5.41) is 4.11. The first-order valence-corrected chi connectivity index (χ1v) is 4.67. The van der Waals surface area contributed by atoms with Gasteiger partial charge in [-0.3, -0.25) is 4.68 Å². The molecule has 0 fully saturated rings. The molecule has 0 radical (unpaired) electrons. The molecule has 3 nitrogen and oxygen atoms in total. The molecule has 4 heteroatoms. The summed E-state index contributed by atoms with van der Waals surface area (Å²) in [6.45, 7) is 1.48. The van der Waals surface area contributed by atoms with Crippen LogP contribution in [0.3, 0.4) is 0 Å². The van der Waals surface area contributed by atoms with E-state index in [1.165, 1.54) is 5.69 Å². The molecule has 2 N–H and O–H groups in total. The molecular formula is C6H10IN3. The van der Waals surface area contributed by atoms with Crippen molar-refractivity contribution in [3.8, 4) is 0 Å². The molecule has 0 unspecified atom stereocenters. The molecule has 0 saturated heterocycles. The number of hydrogen-bond donors (Lipinski definition) is 1. The summed E-state index contributed by atoms with van der Waals surface area (Å²) in [5.41, 5.74) is 6.62. The zero-order chi connectivity index (χ0) is 7.40. The van der Waals surface area contributed by atoms with Crippen LogP contribution in [0.5, 0.6) is 0 Å². The Balaban J connectivity index is 2.70. The highest BCUT2D eigenvalue weighted by Gasteiger charge is 1.96. The van der Waals surface area contributed by atoms with Crippen LogP contribution < -0.4 is 5.73 Å². The fourth-order valence-electron chi connectivity index (χ4n) is 0.797. The lowest BCUT2D eigenvalue weighted by Gasteiger charge is -2.00. The van der Waals surface area contributed by atoms with Crippen molar-refractivity contribution in [1.82, 2.24) is 9.78 Å². The summed E-state index contributed by atoms with van der Waals surface area (Å²) in [5.74, 6) is 0. The first-order chi connectivity index (χ1) is 4.88. The lowest BCUT2D eigenvalue weighted by atomic mass is 10.5. The van der Waals surface area contributed by atoms with E-state index in [1.807, 2.05) is 16.9 Å². The van der Waals surface area contributed by atoms with Crippen LogP contribution in [0.25, 0.3) is 0 Å². The number of nitrogens with zero attached hydrogens (tertiary/aromatic N) is 2. The maximum Gasteiger partial charge on any atom is 0.0535 e. The van der Waals surface area contributed by atoms with Gasteiger partial charge in [-0.15, -0.1) is 0 Å². The average molecular weight is 251 g/mol. The molecule has 0 amide bonds. The van der Waals surface area contributed by atoms with Crippen molar-refractivity contribution in [2.75, 3.05) is 6.54 Å². The van der Waals surface area contributed by atoms with Gasteiger partial charge in [0.25, 0.3) is 0 Å². The zero-order valence-electron chi connectivity index (χ0n) is 5.63. The van der Waals surface area contributed by atoms with Gasteiger partial charge in [-0.2, -0.15) is 5.10 Å². The molecule has 0 bridgehead atoms. The Morgan fingerprint density at radius 3 is 3.10 bits per heavy atom. The van der Waals surface area contributed by atoms with Gasteiger partial charge in [0.1, 0.15) is 0 Å². The summed E-state index contributed by atoms with van der Waals surface area (Å²) in [6, 6.07) is 2.02. The molecule has 56 valence electrons. The van der Waals surface area contributed by atoms with E-state index in [2.05, 4.69) is 27.7 Å². The zero-order valence-corrected chi connectivity index (χ0v) is 7.78. The van der Waals surface area contributed by atoms with Crippen LogP contribution in [-0.2, 0) is 11.0 Å². The molecule has 1 rings (SSSR count). The summed E-state index contributed by atoms with van der Waals surface area (Å²) in [4.78, 5) is 0. The number of alkyl halides is 1. The maximum atomic E-state index is 5.38. The predicted octanol–water partition coefficient (Wildman–Crippen LogP) is 0.777. The maximum absolute atomic E-state index is 5.38. The average Bonchev–Trinajstić information content (AvgIpc) is 2.36. The van der Waals surface area contributed by atoms with Crippen molar-refractivity contribution in [2.24, 2.45) is 5.73 Å². The number of nitrogens with two attached hydrogens (primary N) is 1. The quantitative estimate of drug-likeness (QED) is 0.637. The lowest BCUT2D eigenvalue weighted by molar-refractivity contribution is 0.607. The molecule has 0 aliphatic heterocycles. The molecule has 0 spiro atoms. The van der Waals surface area contributed by atoms with Crippen molar-refractivity contribution in [1.29, 1.82) is 0 Å². The molecule has 0 aliphatic carbocycles.